The summed E-state index contributed by atoms with van der Waals surface area (Å²) in [5.41, 5.74) is 1.04. The molecule has 0 amide bonds. The number of carbonyl (C=O) groups excluding carboxylic acids is 1. The molecule has 3 nitrogen and oxygen atoms in total. The number of piperidine rings is 1. The molecule has 0 radical (unpaired) electrons. The maximum atomic E-state index is 11.7. The summed E-state index contributed by atoms with van der Waals surface area (Å²) in [4.78, 5) is 11.7. The molecule has 1 aromatic carbocycles. The van der Waals surface area contributed by atoms with E-state index in [-0.39, 0.29) is 24.4 Å². The summed E-state index contributed by atoms with van der Waals surface area (Å²) in [6, 6.07) is 10.3. The molecule has 17 heavy (non-hydrogen) atoms. The molecular weight excluding hydrogens is 238 g/mol. The van der Waals surface area contributed by atoms with Gasteiger partial charge in [0.05, 0.1) is 0 Å². The van der Waals surface area contributed by atoms with Crippen LogP contribution >= 0.6 is 12.4 Å². The van der Waals surface area contributed by atoms with Gasteiger partial charge in [-0.25, -0.2) is 0 Å². The molecule has 3 rings (SSSR count). The fraction of sp³-hybridized carbons (Fsp3) is 0.462. The molecule has 0 bridgehead atoms. The van der Waals surface area contributed by atoms with Crippen LogP contribution in [0.1, 0.15) is 18.4 Å². The molecule has 92 valence electrons. The van der Waals surface area contributed by atoms with Crippen LogP contribution in [0.15, 0.2) is 30.3 Å². The SMILES string of the molecule is Cl.O=C(OCc1ccccc1)[C@@H]1C[C@H]2C[C@H]2N1. The summed E-state index contributed by atoms with van der Waals surface area (Å²) in [6.07, 6.45) is 2.20. The highest BCUT2D eigenvalue weighted by molar-refractivity contribution is 5.85. The lowest BCUT2D eigenvalue weighted by molar-refractivity contribution is -0.147. The van der Waals surface area contributed by atoms with Gasteiger partial charge in [0, 0.05) is 6.04 Å². The van der Waals surface area contributed by atoms with Gasteiger partial charge in [-0.2, -0.15) is 0 Å². The zero-order valence-electron chi connectivity index (χ0n) is 9.46. The Morgan fingerprint density at radius 1 is 1.29 bits per heavy atom. The minimum atomic E-state index is -0.101. The summed E-state index contributed by atoms with van der Waals surface area (Å²) in [7, 11) is 0. The highest BCUT2D eigenvalue weighted by Gasteiger charge is 2.48. The van der Waals surface area contributed by atoms with Crippen LogP contribution in [0.4, 0.5) is 0 Å². The predicted molar refractivity (Wildman–Crippen MR) is 66.9 cm³/mol. The van der Waals surface area contributed by atoms with E-state index in [2.05, 4.69) is 5.32 Å². The van der Waals surface area contributed by atoms with E-state index in [0.717, 1.165) is 17.9 Å². The van der Waals surface area contributed by atoms with E-state index in [0.29, 0.717) is 12.6 Å². The van der Waals surface area contributed by atoms with E-state index in [4.69, 9.17) is 4.74 Å². The standard InChI is InChI=1S/C13H15NO2.ClH/c15-13(12-7-10-6-11(10)14-12)16-8-9-4-2-1-3-5-9;/h1-5,10-12,14H,6-8H2;1H/t10-,11-,12+;/m1./s1. The Kier molecular flexibility index (Phi) is 3.69. The van der Waals surface area contributed by atoms with Crippen LogP contribution in [0.3, 0.4) is 0 Å². The van der Waals surface area contributed by atoms with E-state index in [1.807, 2.05) is 30.3 Å². The number of fused-ring (bicyclic) bond motifs is 1. The van der Waals surface area contributed by atoms with Crippen molar-refractivity contribution in [2.45, 2.75) is 31.5 Å². The third-order valence-electron chi connectivity index (χ3n) is 3.38. The summed E-state index contributed by atoms with van der Waals surface area (Å²) < 4.78 is 5.28. The van der Waals surface area contributed by atoms with Crippen molar-refractivity contribution in [1.82, 2.24) is 5.32 Å². The third kappa shape index (κ3) is 2.79. The highest BCUT2D eigenvalue weighted by Crippen LogP contribution is 2.40. The maximum Gasteiger partial charge on any atom is 0.323 e. The van der Waals surface area contributed by atoms with Crippen LogP contribution in [0.2, 0.25) is 0 Å². The number of hydrogen-bond donors (Lipinski definition) is 1. The van der Waals surface area contributed by atoms with Crippen molar-refractivity contribution in [2.75, 3.05) is 0 Å². The molecular formula is C13H16ClNO2. The summed E-state index contributed by atoms with van der Waals surface area (Å²) in [6.45, 7) is 0.382. The van der Waals surface area contributed by atoms with Gasteiger partial charge in [0.2, 0.25) is 0 Å². The molecule has 0 spiro atoms. The second kappa shape index (κ2) is 5.07. The quantitative estimate of drug-likeness (QED) is 0.837. The van der Waals surface area contributed by atoms with Crippen molar-refractivity contribution < 1.29 is 9.53 Å². The highest BCUT2D eigenvalue weighted by atomic mass is 35.5. The zero-order valence-corrected chi connectivity index (χ0v) is 10.3. The topological polar surface area (TPSA) is 38.3 Å². The first-order valence-electron chi connectivity index (χ1n) is 5.79. The fourth-order valence-electron chi connectivity index (χ4n) is 2.33. The minimum absolute atomic E-state index is 0. The number of benzene rings is 1. The second-order valence-electron chi connectivity index (χ2n) is 4.65. The number of rotatable bonds is 3. The monoisotopic (exact) mass is 253 g/mol. The molecule has 2 fully saturated rings. The number of hydrogen-bond acceptors (Lipinski definition) is 3. The Bertz CT molecular complexity index is 386. The van der Waals surface area contributed by atoms with Crippen LogP contribution in [-0.2, 0) is 16.1 Å². The van der Waals surface area contributed by atoms with E-state index < -0.39 is 0 Å². The van der Waals surface area contributed by atoms with Gasteiger partial charge in [0.25, 0.3) is 0 Å². The van der Waals surface area contributed by atoms with Gasteiger partial charge in [-0.05, 0) is 24.3 Å². The smallest absolute Gasteiger partial charge is 0.323 e. The molecule has 1 saturated carbocycles. The number of carbonyl (C=O) groups is 1. The van der Waals surface area contributed by atoms with Crippen molar-refractivity contribution in [2.24, 2.45) is 5.92 Å². The van der Waals surface area contributed by atoms with Gasteiger partial charge in [0.1, 0.15) is 12.6 Å². The number of halogens is 1. The fourth-order valence-corrected chi connectivity index (χ4v) is 2.33. The second-order valence-corrected chi connectivity index (χ2v) is 4.65. The summed E-state index contributed by atoms with van der Waals surface area (Å²) in [5, 5.41) is 3.29. The average Bonchev–Trinajstić information content (AvgIpc) is 2.94. The van der Waals surface area contributed by atoms with Crippen LogP contribution in [0.5, 0.6) is 0 Å². The van der Waals surface area contributed by atoms with Gasteiger partial charge in [-0.15, -0.1) is 12.4 Å². The average molecular weight is 254 g/mol. The van der Waals surface area contributed by atoms with Crippen LogP contribution in [0.25, 0.3) is 0 Å². The molecule has 3 atom stereocenters. The largest absolute Gasteiger partial charge is 0.460 e. The van der Waals surface area contributed by atoms with Gasteiger partial charge in [-0.3, -0.25) is 4.79 Å². The van der Waals surface area contributed by atoms with Gasteiger partial charge >= 0.3 is 5.97 Å². The van der Waals surface area contributed by atoms with Crippen molar-refractivity contribution >= 4 is 18.4 Å². The Morgan fingerprint density at radius 3 is 2.71 bits per heavy atom. The minimum Gasteiger partial charge on any atom is -0.460 e. The predicted octanol–water partition coefficient (Wildman–Crippen LogP) is 1.90. The first kappa shape index (κ1) is 12.4. The Labute approximate surface area is 107 Å². The molecule has 2 aliphatic rings. The van der Waals surface area contributed by atoms with Crippen molar-refractivity contribution in [3.05, 3.63) is 35.9 Å². The number of nitrogens with one attached hydrogen (secondary N) is 1. The first-order valence-corrected chi connectivity index (χ1v) is 5.79. The molecule has 1 saturated heterocycles. The molecule has 4 heteroatoms. The lowest BCUT2D eigenvalue weighted by Gasteiger charge is -2.12. The van der Waals surface area contributed by atoms with Crippen molar-refractivity contribution in [1.29, 1.82) is 0 Å². The molecule has 1 heterocycles. The Balaban J connectivity index is 0.00000108. The molecule has 1 aromatic rings. The van der Waals surface area contributed by atoms with Gasteiger partial charge < -0.3 is 10.1 Å². The van der Waals surface area contributed by atoms with Crippen molar-refractivity contribution in [3.8, 4) is 0 Å². The van der Waals surface area contributed by atoms with Gasteiger partial charge in [-0.1, -0.05) is 30.3 Å². The summed E-state index contributed by atoms with van der Waals surface area (Å²) >= 11 is 0. The van der Waals surface area contributed by atoms with Crippen LogP contribution in [-0.4, -0.2) is 18.1 Å². The number of esters is 1. The lowest BCUT2D eigenvalue weighted by Crippen LogP contribution is -2.35. The molecule has 0 unspecified atom stereocenters. The molecule has 1 N–H and O–H groups in total. The maximum absolute atomic E-state index is 11.7. The number of ether oxygens (including phenoxy) is 1. The van der Waals surface area contributed by atoms with Gasteiger partial charge in [0.15, 0.2) is 0 Å². The van der Waals surface area contributed by atoms with Crippen LogP contribution < -0.4 is 5.32 Å². The van der Waals surface area contributed by atoms with E-state index >= 15 is 0 Å². The lowest BCUT2D eigenvalue weighted by atomic mass is 10.2. The first-order chi connectivity index (χ1) is 7.83. The summed E-state index contributed by atoms with van der Waals surface area (Å²) in [5.74, 6) is 0.630. The Hall–Kier alpha value is -1.06. The molecule has 1 aliphatic carbocycles. The zero-order chi connectivity index (χ0) is 11.0. The van der Waals surface area contributed by atoms with E-state index in [1.165, 1.54) is 6.42 Å². The van der Waals surface area contributed by atoms with E-state index in [9.17, 15) is 4.79 Å². The molecule has 1 aliphatic heterocycles. The molecule has 0 aromatic heterocycles. The van der Waals surface area contributed by atoms with Crippen molar-refractivity contribution in [3.63, 3.8) is 0 Å². The van der Waals surface area contributed by atoms with E-state index in [1.54, 1.807) is 0 Å². The third-order valence-corrected chi connectivity index (χ3v) is 3.38. The Morgan fingerprint density at radius 2 is 2.06 bits per heavy atom. The normalized spacial score (nSPS) is 29.1. The van der Waals surface area contributed by atoms with Crippen LogP contribution in [0, 0.1) is 5.92 Å².